The van der Waals surface area contributed by atoms with E-state index >= 15 is 0 Å². The minimum atomic E-state index is -4.50. The molecule has 0 atom stereocenters. The van der Waals surface area contributed by atoms with Gasteiger partial charge in [-0.05, 0) is 46.8 Å². The first-order chi connectivity index (χ1) is 15.0. The van der Waals surface area contributed by atoms with Gasteiger partial charge >= 0.3 is 12.4 Å². The van der Waals surface area contributed by atoms with Gasteiger partial charge in [0.2, 0.25) is 0 Å². The van der Waals surface area contributed by atoms with Crippen molar-refractivity contribution in [3.8, 4) is 22.4 Å². The van der Waals surface area contributed by atoms with Crippen molar-refractivity contribution >= 4 is 28.3 Å². The van der Waals surface area contributed by atoms with Gasteiger partial charge in [-0.2, -0.15) is 26.3 Å². The van der Waals surface area contributed by atoms with Gasteiger partial charge in [-0.3, -0.25) is 4.79 Å². The van der Waals surface area contributed by atoms with E-state index in [1.54, 1.807) is 17.5 Å². The van der Waals surface area contributed by atoms with E-state index in [0.29, 0.717) is 33.4 Å². The van der Waals surface area contributed by atoms with E-state index in [0.717, 1.165) is 23.5 Å². The van der Waals surface area contributed by atoms with Crippen LogP contribution in [0.5, 0.6) is 0 Å². The van der Waals surface area contributed by atoms with Crippen molar-refractivity contribution in [2.24, 2.45) is 0 Å². The highest BCUT2D eigenvalue weighted by atomic mass is 32.1. The largest absolute Gasteiger partial charge is 0.416 e. The highest BCUT2D eigenvalue weighted by molar-refractivity contribution is 7.12. The summed E-state index contributed by atoms with van der Waals surface area (Å²) in [6.07, 6.45) is -7.38. The highest BCUT2D eigenvalue weighted by Crippen LogP contribution is 2.32. The predicted octanol–water partition coefficient (Wildman–Crippen LogP) is 6.27. The Morgan fingerprint density at radius 3 is 2.34 bits per heavy atom. The maximum absolute atomic E-state index is 12.8. The van der Waals surface area contributed by atoms with Crippen LogP contribution in [-0.4, -0.2) is 28.6 Å². The molecule has 0 aliphatic heterocycles. The predicted molar refractivity (Wildman–Crippen MR) is 108 cm³/mol. The second kappa shape index (κ2) is 7.97. The molecule has 0 unspecified atom stereocenters. The van der Waals surface area contributed by atoms with Crippen LogP contribution in [-0.2, 0) is 6.18 Å². The Balaban J connectivity index is 1.56. The fourth-order valence-corrected chi connectivity index (χ4v) is 3.87. The Hall–Kier alpha value is -3.34. The van der Waals surface area contributed by atoms with Crippen molar-refractivity contribution in [3.63, 3.8) is 0 Å². The van der Waals surface area contributed by atoms with E-state index in [2.05, 4.69) is 9.97 Å². The Morgan fingerprint density at radius 2 is 1.69 bits per heavy atom. The molecule has 2 N–H and O–H groups in total. The number of amides is 1. The number of carbonyl (C=O) groups is 1. The number of H-pyrrole nitrogens is 1. The molecule has 1 amide bonds. The van der Waals surface area contributed by atoms with Gasteiger partial charge in [0, 0.05) is 22.8 Å². The lowest BCUT2D eigenvalue weighted by Gasteiger charge is -2.06. The van der Waals surface area contributed by atoms with Gasteiger partial charge < -0.3 is 10.3 Å². The lowest BCUT2D eigenvalue weighted by molar-refractivity contribution is -0.137. The van der Waals surface area contributed by atoms with Crippen molar-refractivity contribution in [3.05, 3.63) is 64.5 Å². The molecule has 3 aromatic heterocycles. The second-order valence-corrected chi connectivity index (χ2v) is 7.83. The first-order valence-corrected chi connectivity index (χ1v) is 9.98. The molecule has 0 saturated carbocycles. The Morgan fingerprint density at radius 1 is 0.969 bits per heavy atom. The number of hydrogen-bond acceptors (Lipinski definition) is 3. The zero-order valence-corrected chi connectivity index (χ0v) is 16.8. The average molecular weight is 469 g/mol. The van der Waals surface area contributed by atoms with Crippen LogP contribution in [0.15, 0.2) is 54.0 Å². The number of pyridine rings is 1. The summed E-state index contributed by atoms with van der Waals surface area (Å²) in [5.74, 6) is -0.821. The summed E-state index contributed by atoms with van der Waals surface area (Å²) >= 11 is 1.01. The Kier molecular flexibility index (Phi) is 5.45. The fraction of sp³-hybridized carbons (Fsp3) is 0.143. The van der Waals surface area contributed by atoms with E-state index in [4.69, 9.17) is 0 Å². The fourth-order valence-electron chi connectivity index (χ4n) is 3.04. The molecule has 4 aromatic rings. The van der Waals surface area contributed by atoms with Gasteiger partial charge in [-0.1, -0.05) is 12.1 Å². The number of benzene rings is 1. The molecule has 0 spiro atoms. The average Bonchev–Trinajstić information content (AvgIpc) is 3.37. The molecule has 166 valence electrons. The van der Waals surface area contributed by atoms with Crippen molar-refractivity contribution in [2.45, 2.75) is 12.4 Å². The monoisotopic (exact) mass is 469 g/mol. The first kappa shape index (κ1) is 21.9. The number of thiophene rings is 1. The van der Waals surface area contributed by atoms with Crippen molar-refractivity contribution in [1.82, 2.24) is 15.3 Å². The summed E-state index contributed by atoms with van der Waals surface area (Å²) in [5.41, 5.74) is 2.15. The number of halogens is 6. The molecule has 32 heavy (non-hydrogen) atoms. The summed E-state index contributed by atoms with van der Waals surface area (Å²) in [6, 6.07) is 9.69. The Bertz CT molecular complexity index is 1270. The van der Waals surface area contributed by atoms with Gasteiger partial charge in [0.15, 0.2) is 0 Å². The summed E-state index contributed by atoms with van der Waals surface area (Å²) < 4.78 is 75.1. The highest BCUT2D eigenvalue weighted by Gasteiger charge is 2.30. The summed E-state index contributed by atoms with van der Waals surface area (Å²) in [4.78, 5) is 19.4. The van der Waals surface area contributed by atoms with Gasteiger partial charge in [0.25, 0.3) is 5.91 Å². The number of aromatic amines is 1. The zero-order chi connectivity index (χ0) is 23.1. The van der Waals surface area contributed by atoms with Crippen LogP contribution >= 0.6 is 11.3 Å². The molecule has 4 nitrogen and oxygen atoms in total. The zero-order valence-electron chi connectivity index (χ0n) is 15.9. The number of aromatic nitrogens is 2. The van der Waals surface area contributed by atoms with E-state index in [-0.39, 0.29) is 4.88 Å². The molecule has 4 rings (SSSR count). The summed E-state index contributed by atoms with van der Waals surface area (Å²) in [7, 11) is 0. The van der Waals surface area contributed by atoms with Gasteiger partial charge in [0.05, 0.1) is 10.4 Å². The third kappa shape index (κ3) is 4.77. The number of nitrogens with zero attached hydrogens (tertiary/aromatic N) is 1. The maximum Gasteiger partial charge on any atom is 0.416 e. The lowest BCUT2D eigenvalue weighted by atomic mass is 10.1. The molecule has 11 heteroatoms. The smallest absolute Gasteiger partial charge is 0.342 e. The molecule has 0 radical (unpaired) electrons. The molecule has 0 saturated heterocycles. The van der Waals surface area contributed by atoms with Gasteiger partial charge in [-0.15, -0.1) is 11.3 Å². The van der Waals surface area contributed by atoms with Crippen LogP contribution in [0.1, 0.15) is 15.2 Å². The normalized spacial score (nSPS) is 12.3. The van der Waals surface area contributed by atoms with Crippen LogP contribution < -0.4 is 5.32 Å². The van der Waals surface area contributed by atoms with Gasteiger partial charge in [0.1, 0.15) is 12.2 Å². The second-order valence-electron chi connectivity index (χ2n) is 6.92. The van der Waals surface area contributed by atoms with Gasteiger partial charge in [-0.25, -0.2) is 4.98 Å². The van der Waals surface area contributed by atoms with E-state index in [1.165, 1.54) is 24.4 Å². The molecule has 1 aromatic carbocycles. The molecule has 3 heterocycles. The van der Waals surface area contributed by atoms with Crippen LogP contribution in [0.25, 0.3) is 33.4 Å². The van der Waals surface area contributed by atoms with Crippen molar-refractivity contribution in [1.29, 1.82) is 0 Å². The summed E-state index contributed by atoms with van der Waals surface area (Å²) in [6.45, 7) is -1.41. The molecule has 0 fully saturated rings. The molecule has 0 aliphatic rings. The molecular formula is C21H13F6N3OS. The molecular weight excluding hydrogens is 456 g/mol. The van der Waals surface area contributed by atoms with E-state index in [9.17, 15) is 31.1 Å². The quantitative estimate of drug-likeness (QED) is 0.346. The molecule has 0 bridgehead atoms. The van der Waals surface area contributed by atoms with Crippen LogP contribution in [0, 0.1) is 0 Å². The van der Waals surface area contributed by atoms with E-state index < -0.39 is 30.4 Å². The number of fused-ring (bicyclic) bond motifs is 1. The number of hydrogen-bond donors (Lipinski definition) is 2. The topological polar surface area (TPSA) is 57.8 Å². The number of carbonyl (C=O) groups excluding carboxylic acids is 1. The number of rotatable bonds is 4. The van der Waals surface area contributed by atoms with Crippen LogP contribution in [0.3, 0.4) is 0 Å². The number of alkyl halides is 6. The minimum Gasteiger partial charge on any atom is -0.342 e. The standard InChI is InChI=1S/C21H13F6N3OS/c22-20(23,24)10-29-19(31)17-7-14(9-32-17)13-5-12-6-16(30-18(12)28-8-13)11-1-3-15(4-2-11)21(25,26)27/h1-9H,10H2,(H,28,30)(H,29,31). The van der Waals surface area contributed by atoms with Crippen molar-refractivity contribution < 1.29 is 31.1 Å². The van der Waals surface area contributed by atoms with Crippen molar-refractivity contribution in [2.75, 3.05) is 6.54 Å². The Labute approximate surface area is 180 Å². The SMILES string of the molecule is O=C(NCC(F)(F)F)c1cc(-c2cnc3[nH]c(-c4ccc(C(F)(F)F)cc4)cc3c2)cs1. The lowest BCUT2D eigenvalue weighted by Crippen LogP contribution is -2.33. The molecule has 0 aliphatic carbocycles. The van der Waals surface area contributed by atoms with E-state index in [1.807, 2.05) is 5.32 Å². The minimum absolute atomic E-state index is 0.129. The maximum atomic E-state index is 12.8. The third-order valence-electron chi connectivity index (χ3n) is 4.60. The third-order valence-corrected chi connectivity index (χ3v) is 5.53. The first-order valence-electron chi connectivity index (χ1n) is 9.10. The van der Waals surface area contributed by atoms with Crippen LogP contribution in [0.2, 0.25) is 0 Å². The number of nitrogens with one attached hydrogen (secondary N) is 2. The summed E-state index contributed by atoms with van der Waals surface area (Å²) in [5, 5.41) is 4.14. The van der Waals surface area contributed by atoms with Crippen LogP contribution in [0.4, 0.5) is 26.3 Å².